The summed E-state index contributed by atoms with van der Waals surface area (Å²) in [4.78, 5) is 25.3. The average Bonchev–Trinajstić information content (AvgIpc) is 3.66. The molecule has 8 heteroatoms. The highest BCUT2D eigenvalue weighted by atomic mass is 35.5. The minimum absolute atomic E-state index is 0.170. The van der Waals surface area contributed by atoms with E-state index in [1.165, 1.54) is 19.3 Å². The molecule has 1 aromatic carbocycles. The van der Waals surface area contributed by atoms with Crippen LogP contribution in [0.25, 0.3) is 0 Å². The third-order valence-electron chi connectivity index (χ3n) is 7.41. The van der Waals surface area contributed by atoms with Gasteiger partial charge in [-0.3, -0.25) is 4.79 Å². The van der Waals surface area contributed by atoms with Crippen molar-refractivity contribution in [2.24, 2.45) is 17.8 Å². The number of hydrogen-bond acceptors (Lipinski definition) is 6. The number of aromatic nitrogens is 2. The van der Waals surface area contributed by atoms with E-state index in [0.717, 1.165) is 61.1 Å². The van der Waals surface area contributed by atoms with Crippen molar-refractivity contribution >= 4 is 23.5 Å². The number of carbonyl (C=O) groups is 1. The molecule has 0 spiro atoms. The van der Waals surface area contributed by atoms with Crippen LogP contribution in [0.5, 0.6) is 5.75 Å². The number of anilines is 1. The van der Waals surface area contributed by atoms with Crippen LogP contribution in [-0.2, 0) is 16.0 Å². The summed E-state index contributed by atoms with van der Waals surface area (Å²) in [6.45, 7) is 5.45. The van der Waals surface area contributed by atoms with Crippen LogP contribution in [0, 0.1) is 17.8 Å². The fourth-order valence-electron chi connectivity index (χ4n) is 5.31. The normalized spacial score (nSPS) is 23.1. The van der Waals surface area contributed by atoms with Gasteiger partial charge in [0.25, 0.3) is 0 Å². The second-order valence-corrected chi connectivity index (χ2v) is 10.1. The Morgan fingerprint density at radius 3 is 2.47 bits per heavy atom. The number of hydrogen-bond donors (Lipinski definition) is 0. The molecule has 34 heavy (non-hydrogen) atoms. The molecule has 7 nitrogen and oxygen atoms in total. The Bertz CT molecular complexity index is 942. The second kappa shape index (κ2) is 10.9. The van der Waals surface area contributed by atoms with Gasteiger partial charge in [-0.1, -0.05) is 23.7 Å². The third kappa shape index (κ3) is 5.99. The van der Waals surface area contributed by atoms with Crippen molar-refractivity contribution in [3.63, 3.8) is 0 Å². The third-order valence-corrected chi connectivity index (χ3v) is 7.61. The van der Waals surface area contributed by atoms with Crippen LogP contribution in [0.3, 0.4) is 0 Å². The van der Waals surface area contributed by atoms with Gasteiger partial charge < -0.3 is 19.3 Å². The van der Waals surface area contributed by atoms with Crippen molar-refractivity contribution in [1.82, 2.24) is 14.9 Å². The van der Waals surface area contributed by atoms with E-state index in [1.54, 1.807) is 12.4 Å². The number of piperidine rings is 1. The van der Waals surface area contributed by atoms with Gasteiger partial charge in [-0.2, -0.15) is 0 Å². The predicted molar refractivity (Wildman–Crippen MR) is 131 cm³/mol. The summed E-state index contributed by atoms with van der Waals surface area (Å²) in [6, 6.07) is 7.99. The lowest BCUT2D eigenvalue weighted by Crippen LogP contribution is -2.41. The Balaban J connectivity index is 0.992. The topological polar surface area (TPSA) is 67.8 Å². The Morgan fingerprint density at radius 1 is 1.06 bits per heavy atom. The molecule has 0 N–H and O–H groups in total. The Labute approximate surface area is 206 Å². The van der Waals surface area contributed by atoms with Crippen molar-refractivity contribution in [3.8, 4) is 5.75 Å². The van der Waals surface area contributed by atoms with Gasteiger partial charge >= 0.3 is 0 Å². The van der Waals surface area contributed by atoms with Gasteiger partial charge in [0.1, 0.15) is 5.75 Å². The van der Waals surface area contributed by atoms with Crippen molar-refractivity contribution in [3.05, 3.63) is 47.2 Å². The molecule has 182 valence electrons. The number of morpholine rings is 1. The van der Waals surface area contributed by atoms with Gasteiger partial charge in [-0.25, -0.2) is 9.97 Å². The molecule has 0 radical (unpaired) electrons. The van der Waals surface area contributed by atoms with E-state index < -0.39 is 0 Å². The summed E-state index contributed by atoms with van der Waals surface area (Å²) in [7, 11) is 0. The Morgan fingerprint density at radius 2 is 1.76 bits per heavy atom. The molecule has 5 rings (SSSR count). The maximum Gasteiger partial charge on any atom is 0.227 e. The first kappa shape index (κ1) is 23.4. The molecule has 2 saturated heterocycles. The van der Waals surface area contributed by atoms with E-state index in [4.69, 9.17) is 21.1 Å². The van der Waals surface area contributed by atoms with E-state index in [2.05, 4.69) is 14.9 Å². The highest BCUT2D eigenvalue weighted by molar-refractivity contribution is 6.30. The zero-order valence-corrected chi connectivity index (χ0v) is 20.3. The summed E-state index contributed by atoms with van der Waals surface area (Å²) >= 11 is 5.90. The van der Waals surface area contributed by atoms with Crippen molar-refractivity contribution in [2.75, 3.05) is 50.9 Å². The molecule has 1 amide bonds. The molecular formula is C26H33ClN4O3. The molecule has 1 aliphatic carbocycles. The van der Waals surface area contributed by atoms with Crippen molar-refractivity contribution in [1.29, 1.82) is 0 Å². The molecule has 2 aliphatic heterocycles. The quantitative estimate of drug-likeness (QED) is 0.567. The van der Waals surface area contributed by atoms with Crippen molar-refractivity contribution in [2.45, 2.75) is 32.1 Å². The van der Waals surface area contributed by atoms with Crippen LogP contribution in [0.1, 0.15) is 31.2 Å². The molecule has 1 saturated carbocycles. The smallest absolute Gasteiger partial charge is 0.227 e. The van der Waals surface area contributed by atoms with E-state index in [9.17, 15) is 4.79 Å². The minimum Gasteiger partial charge on any atom is -0.494 e. The number of nitrogens with zero attached hydrogens (tertiary/aromatic N) is 4. The zero-order valence-electron chi connectivity index (χ0n) is 19.6. The number of rotatable bonds is 8. The largest absolute Gasteiger partial charge is 0.494 e. The molecule has 2 aromatic rings. The number of halogens is 1. The van der Waals surface area contributed by atoms with E-state index >= 15 is 0 Å². The SMILES string of the molecule is O=C(Cc1ccc(OCC[C@@H]2C[C@@H]2C2CCN(c3ncc(Cl)cn3)CC2)cc1)N1CCOCC1. The number of amides is 1. The van der Waals surface area contributed by atoms with Crippen LogP contribution < -0.4 is 9.64 Å². The molecule has 0 bridgehead atoms. The standard InChI is InChI=1S/C26H33ClN4O3/c27-22-17-28-26(29-18-22)31-8-5-20(6-9-31)24-16-21(24)7-12-34-23-3-1-19(2-4-23)15-25(32)30-10-13-33-14-11-30/h1-4,17-18,20-21,24H,5-16H2/t21-,24-/m1/s1. The number of benzene rings is 1. The summed E-state index contributed by atoms with van der Waals surface area (Å²) in [5, 5.41) is 0.580. The Kier molecular flexibility index (Phi) is 7.50. The number of carbonyl (C=O) groups excluding carboxylic acids is 1. The molecule has 1 aromatic heterocycles. The van der Waals surface area contributed by atoms with Crippen LogP contribution in [-0.4, -0.2) is 66.8 Å². The molecule has 2 atom stereocenters. The molecular weight excluding hydrogens is 452 g/mol. The van der Waals surface area contributed by atoms with E-state index in [1.807, 2.05) is 29.2 Å². The maximum atomic E-state index is 12.4. The lowest BCUT2D eigenvalue weighted by molar-refractivity contribution is -0.134. The van der Waals surface area contributed by atoms with Gasteiger partial charge in [0.15, 0.2) is 0 Å². The molecule has 3 aliphatic rings. The second-order valence-electron chi connectivity index (χ2n) is 9.64. The lowest BCUT2D eigenvalue weighted by Gasteiger charge is -2.32. The van der Waals surface area contributed by atoms with Crippen LogP contribution in [0.2, 0.25) is 5.02 Å². The first-order chi connectivity index (χ1) is 16.7. The van der Waals surface area contributed by atoms with Gasteiger partial charge in [-0.15, -0.1) is 0 Å². The maximum absolute atomic E-state index is 12.4. The monoisotopic (exact) mass is 484 g/mol. The molecule has 0 unspecified atom stereocenters. The summed E-state index contributed by atoms with van der Waals surface area (Å²) < 4.78 is 11.3. The highest BCUT2D eigenvalue weighted by Crippen LogP contribution is 2.49. The minimum atomic E-state index is 0.170. The fraction of sp³-hybridized carbons (Fsp3) is 0.577. The molecule has 3 fully saturated rings. The fourth-order valence-corrected chi connectivity index (χ4v) is 5.41. The molecule has 3 heterocycles. The van der Waals surface area contributed by atoms with Gasteiger partial charge in [0.2, 0.25) is 11.9 Å². The Hall–Kier alpha value is -2.38. The van der Waals surface area contributed by atoms with Crippen LogP contribution in [0.15, 0.2) is 36.7 Å². The number of ether oxygens (including phenoxy) is 2. The first-order valence-corrected chi connectivity index (χ1v) is 12.8. The van der Waals surface area contributed by atoms with Gasteiger partial charge in [0, 0.05) is 26.2 Å². The van der Waals surface area contributed by atoms with E-state index in [-0.39, 0.29) is 5.91 Å². The van der Waals surface area contributed by atoms with Crippen LogP contribution in [0.4, 0.5) is 5.95 Å². The van der Waals surface area contributed by atoms with Gasteiger partial charge in [-0.05, 0) is 61.1 Å². The highest BCUT2D eigenvalue weighted by Gasteiger charge is 2.43. The first-order valence-electron chi connectivity index (χ1n) is 12.5. The van der Waals surface area contributed by atoms with Crippen molar-refractivity contribution < 1.29 is 14.3 Å². The summed E-state index contributed by atoms with van der Waals surface area (Å²) in [5.74, 6) is 4.27. The van der Waals surface area contributed by atoms with E-state index in [0.29, 0.717) is 37.7 Å². The van der Waals surface area contributed by atoms with Crippen LogP contribution >= 0.6 is 11.6 Å². The predicted octanol–water partition coefficient (Wildman–Crippen LogP) is 3.85. The van der Waals surface area contributed by atoms with Gasteiger partial charge in [0.05, 0.1) is 43.7 Å². The summed E-state index contributed by atoms with van der Waals surface area (Å²) in [5.41, 5.74) is 1.03. The summed E-state index contributed by atoms with van der Waals surface area (Å²) in [6.07, 6.45) is 8.64. The zero-order chi connectivity index (χ0) is 23.3. The lowest BCUT2D eigenvalue weighted by atomic mass is 9.90. The average molecular weight is 485 g/mol.